The van der Waals surface area contributed by atoms with Crippen LogP contribution in [0.15, 0.2) is 84.9 Å². The molecule has 0 saturated carbocycles. The number of rotatable bonds is 7. The maximum atomic E-state index is 12.9. The average molecular weight is 345 g/mol. The fourth-order valence-corrected chi connectivity index (χ4v) is 2.94. The van der Waals surface area contributed by atoms with Crippen molar-refractivity contribution in [1.29, 1.82) is 0 Å². The zero-order chi connectivity index (χ0) is 18.2. The van der Waals surface area contributed by atoms with E-state index in [9.17, 15) is 4.79 Å². The van der Waals surface area contributed by atoms with E-state index in [4.69, 9.17) is 4.74 Å². The van der Waals surface area contributed by atoms with E-state index in [-0.39, 0.29) is 11.8 Å². The van der Waals surface area contributed by atoms with Crippen LogP contribution in [0, 0.1) is 6.92 Å². The highest BCUT2D eigenvalue weighted by Crippen LogP contribution is 2.24. The Kier molecular flexibility index (Phi) is 6.05. The van der Waals surface area contributed by atoms with Crippen LogP contribution in [0.3, 0.4) is 0 Å². The molecular formula is C23H23NO2. The van der Waals surface area contributed by atoms with Crippen LogP contribution >= 0.6 is 0 Å². The van der Waals surface area contributed by atoms with E-state index in [0.29, 0.717) is 13.2 Å². The Morgan fingerprint density at radius 3 is 1.96 bits per heavy atom. The molecule has 1 amide bonds. The maximum Gasteiger partial charge on any atom is 0.232 e. The highest BCUT2D eigenvalue weighted by Gasteiger charge is 2.21. The molecule has 0 aromatic heterocycles. The largest absolute Gasteiger partial charge is 0.491 e. The molecule has 26 heavy (non-hydrogen) atoms. The molecule has 132 valence electrons. The minimum atomic E-state index is -0.323. The van der Waals surface area contributed by atoms with Gasteiger partial charge in [0.2, 0.25) is 5.91 Å². The predicted molar refractivity (Wildman–Crippen MR) is 104 cm³/mol. The van der Waals surface area contributed by atoms with Gasteiger partial charge in [-0.05, 0) is 29.7 Å². The van der Waals surface area contributed by atoms with Gasteiger partial charge in [-0.3, -0.25) is 4.79 Å². The van der Waals surface area contributed by atoms with Crippen molar-refractivity contribution in [2.45, 2.75) is 12.8 Å². The number of benzene rings is 3. The second-order valence-corrected chi connectivity index (χ2v) is 6.16. The van der Waals surface area contributed by atoms with Gasteiger partial charge in [0, 0.05) is 0 Å². The van der Waals surface area contributed by atoms with Gasteiger partial charge >= 0.3 is 0 Å². The molecule has 3 rings (SSSR count). The van der Waals surface area contributed by atoms with Gasteiger partial charge in [0.05, 0.1) is 12.5 Å². The highest BCUT2D eigenvalue weighted by atomic mass is 16.5. The summed E-state index contributed by atoms with van der Waals surface area (Å²) >= 11 is 0. The molecule has 0 aliphatic heterocycles. The van der Waals surface area contributed by atoms with Crippen molar-refractivity contribution in [2.24, 2.45) is 0 Å². The number of amides is 1. The summed E-state index contributed by atoms with van der Waals surface area (Å²) in [7, 11) is 0. The van der Waals surface area contributed by atoms with Gasteiger partial charge < -0.3 is 10.1 Å². The quantitative estimate of drug-likeness (QED) is 0.648. The van der Waals surface area contributed by atoms with Crippen LogP contribution in [0.2, 0.25) is 0 Å². The summed E-state index contributed by atoms with van der Waals surface area (Å²) in [6.45, 7) is 2.91. The Hall–Kier alpha value is -3.07. The molecule has 0 radical (unpaired) electrons. The standard InChI is InChI=1S/C23H23NO2/c1-18-10-8-9-15-21(18)26-17-16-24-23(25)22(19-11-4-2-5-12-19)20-13-6-3-7-14-20/h2-15,22H,16-17H2,1H3,(H,24,25). The number of ether oxygens (including phenoxy) is 1. The number of hydrogen-bond donors (Lipinski definition) is 1. The molecule has 0 bridgehead atoms. The highest BCUT2D eigenvalue weighted by molar-refractivity contribution is 5.87. The Balaban J connectivity index is 1.64. The van der Waals surface area contributed by atoms with Gasteiger partial charge in [-0.25, -0.2) is 0 Å². The van der Waals surface area contributed by atoms with Gasteiger partial charge in [-0.2, -0.15) is 0 Å². The smallest absolute Gasteiger partial charge is 0.232 e. The fourth-order valence-electron chi connectivity index (χ4n) is 2.94. The molecule has 0 fully saturated rings. The second kappa shape index (κ2) is 8.86. The summed E-state index contributed by atoms with van der Waals surface area (Å²) in [6.07, 6.45) is 0. The number of carbonyl (C=O) groups is 1. The van der Waals surface area contributed by atoms with E-state index in [1.54, 1.807) is 0 Å². The summed E-state index contributed by atoms with van der Waals surface area (Å²) in [5, 5.41) is 3.01. The van der Waals surface area contributed by atoms with Gasteiger partial charge in [0.25, 0.3) is 0 Å². The molecule has 0 heterocycles. The van der Waals surface area contributed by atoms with Crippen LogP contribution in [-0.2, 0) is 4.79 Å². The lowest BCUT2D eigenvalue weighted by Gasteiger charge is -2.18. The number of nitrogens with one attached hydrogen (secondary N) is 1. The summed E-state index contributed by atoms with van der Waals surface area (Å²) in [6, 6.07) is 27.6. The SMILES string of the molecule is Cc1ccccc1OCCNC(=O)C(c1ccccc1)c1ccccc1. The molecule has 0 unspecified atom stereocenters. The topological polar surface area (TPSA) is 38.3 Å². The Morgan fingerprint density at radius 1 is 0.846 bits per heavy atom. The van der Waals surface area contributed by atoms with E-state index in [1.165, 1.54) is 0 Å². The van der Waals surface area contributed by atoms with E-state index < -0.39 is 0 Å². The normalized spacial score (nSPS) is 10.5. The molecular weight excluding hydrogens is 322 g/mol. The Bertz CT molecular complexity index is 792. The average Bonchev–Trinajstić information content (AvgIpc) is 2.68. The van der Waals surface area contributed by atoms with Crippen LogP contribution in [0.5, 0.6) is 5.75 Å². The first kappa shape index (κ1) is 17.7. The lowest BCUT2D eigenvalue weighted by Crippen LogP contribution is -2.33. The molecule has 3 aromatic carbocycles. The van der Waals surface area contributed by atoms with Crippen molar-refractivity contribution in [1.82, 2.24) is 5.32 Å². The third-order valence-electron chi connectivity index (χ3n) is 4.28. The van der Waals surface area contributed by atoms with Crippen LogP contribution in [0.25, 0.3) is 0 Å². The molecule has 0 spiro atoms. The van der Waals surface area contributed by atoms with Crippen LogP contribution in [0.4, 0.5) is 0 Å². The van der Waals surface area contributed by atoms with Crippen molar-refractivity contribution in [3.05, 3.63) is 102 Å². The lowest BCUT2D eigenvalue weighted by atomic mass is 9.90. The zero-order valence-corrected chi connectivity index (χ0v) is 14.9. The van der Waals surface area contributed by atoms with Gasteiger partial charge in [0.1, 0.15) is 12.4 Å². The van der Waals surface area contributed by atoms with Crippen molar-refractivity contribution < 1.29 is 9.53 Å². The van der Waals surface area contributed by atoms with Crippen LogP contribution in [0.1, 0.15) is 22.6 Å². The Morgan fingerprint density at radius 2 is 1.38 bits per heavy atom. The van der Waals surface area contributed by atoms with E-state index in [1.807, 2.05) is 91.9 Å². The van der Waals surface area contributed by atoms with Gasteiger partial charge in [-0.15, -0.1) is 0 Å². The Labute approximate surface area is 154 Å². The minimum Gasteiger partial charge on any atom is -0.491 e. The summed E-state index contributed by atoms with van der Waals surface area (Å²) in [5.41, 5.74) is 3.05. The van der Waals surface area contributed by atoms with Crippen molar-refractivity contribution in [2.75, 3.05) is 13.2 Å². The van der Waals surface area contributed by atoms with Crippen molar-refractivity contribution in [3.8, 4) is 5.75 Å². The first-order chi connectivity index (χ1) is 12.8. The summed E-state index contributed by atoms with van der Waals surface area (Å²) < 4.78 is 5.76. The van der Waals surface area contributed by atoms with Crippen molar-refractivity contribution in [3.63, 3.8) is 0 Å². The molecule has 3 nitrogen and oxygen atoms in total. The molecule has 3 heteroatoms. The molecule has 0 atom stereocenters. The number of carbonyl (C=O) groups excluding carboxylic acids is 1. The lowest BCUT2D eigenvalue weighted by molar-refractivity contribution is -0.121. The molecule has 0 aliphatic carbocycles. The van der Waals surface area contributed by atoms with Crippen molar-refractivity contribution >= 4 is 5.91 Å². The number of hydrogen-bond acceptors (Lipinski definition) is 2. The number of aryl methyl sites for hydroxylation is 1. The number of para-hydroxylation sites is 1. The first-order valence-corrected chi connectivity index (χ1v) is 8.82. The molecule has 0 aliphatic rings. The van der Waals surface area contributed by atoms with E-state index >= 15 is 0 Å². The molecule has 1 N–H and O–H groups in total. The van der Waals surface area contributed by atoms with E-state index in [2.05, 4.69) is 5.32 Å². The summed E-state index contributed by atoms with van der Waals surface area (Å²) in [5.74, 6) is 0.510. The summed E-state index contributed by atoms with van der Waals surface area (Å²) in [4.78, 5) is 12.9. The monoisotopic (exact) mass is 345 g/mol. The molecule has 3 aromatic rings. The minimum absolute atomic E-state index is 0.0178. The van der Waals surface area contributed by atoms with Gasteiger partial charge in [0.15, 0.2) is 0 Å². The van der Waals surface area contributed by atoms with Gasteiger partial charge in [-0.1, -0.05) is 78.9 Å². The predicted octanol–water partition coefficient (Wildman–Crippen LogP) is 4.32. The third kappa shape index (κ3) is 4.51. The third-order valence-corrected chi connectivity index (χ3v) is 4.28. The van der Waals surface area contributed by atoms with Crippen LogP contribution < -0.4 is 10.1 Å². The zero-order valence-electron chi connectivity index (χ0n) is 14.9. The van der Waals surface area contributed by atoms with E-state index in [0.717, 1.165) is 22.4 Å². The molecule has 0 saturated heterocycles. The second-order valence-electron chi connectivity index (χ2n) is 6.16. The van der Waals surface area contributed by atoms with Crippen LogP contribution in [-0.4, -0.2) is 19.1 Å². The first-order valence-electron chi connectivity index (χ1n) is 8.82. The fraction of sp³-hybridized carbons (Fsp3) is 0.174. The maximum absolute atomic E-state index is 12.9.